The SMILES string of the molecule is CN(CC(F)F)C(=O)c1sc(NC2CCC2)nc1N. The zero-order chi connectivity index (χ0) is 14.0. The van der Waals surface area contributed by atoms with Crippen LogP contribution in [0.3, 0.4) is 0 Å². The van der Waals surface area contributed by atoms with Crippen LogP contribution in [-0.4, -0.2) is 41.9 Å². The first kappa shape index (κ1) is 14.0. The summed E-state index contributed by atoms with van der Waals surface area (Å²) in [6.07, 6.45) is 0.777. The topological polar surface area (TPSA) is 71.2 Å². The van der Waals surface area contributed by atoms with E-state index in [-0.39, 0.29) is 10.7 Å². The Hall–Kier alpha value is -1.44. The number of nitrogens with one attached hydrogen (secondary N) is 1. The van der Waals surface area contributed by atoms with E-state index in [9.17, 15) is 13.6 Å². The molecule has 1 aliphatic carbocycles. The number of carbonyl (C=O) groups excluding carboxylic acids is 1. The van der Waals surface area contributed by atoms with Crippen LogP contribution < -0.4 is 11.1 Å². The molecule has 1 aliphatic rings. The molecule has 0 bridgehead atoms. The highest BCUT2D eigenvalue weighted by Crippen LogP contribution is 2.30. The van der Waals surface area contributed by atoms with E-state index >= 15 is 0 Å². The van der Waals surface area contributed by atoms with E-state index in [1.165, 1.54) is 13.5 Å². The molecular weight excluding hydrogens is 274 g/mol. The van der Waals surface area contributed by atoms with Crippen LogP contribution in [0, 0.1) is 0 Å². The molecule has 0 aliphatic heterocycles. The minimum absolute atomic E-state index is 0.0953. The lowest BCUT2D eigenvalue weighted by Crippen LogP contribution is -2.31. The average molecular weight is 290 g/mol. The molecule has 0 unspecified atom stereocenters. The third-order valence-electron chi connectivity index (χ3n) is 3.04. The van der Waals surface area contributed by atoms with Gasteiger partial charge in [0.1, 0.15) is 10.7 Å². The molecular formula is C11H16F2N4OS. The van der Waals surface area contributed by atoms with Crippen molar-refractivity contribution in [2.45, 2.75) is 31.7 Å². The minimum atomic E-state index is -2.56. The zero-order valence-corrected chi connectivity index (χ0v) is 11.3. The van der Waals surface area contributed by atoms with Crippen molar-refractivity contribution in [1.29, 1.82) is 0 Å². The maximum Gasteiger partial charge on any atom is 0.267 e. The van der Waals surface area contributed by atoms with Gasteiger partial charge < -0.3 is 16.0 Å². The molecule has 1 aromatic rings. The first-order valence-electron chi connectivity index (χ1n) is 6.04. The van der Waals surface area contributed by atoms with Gasteiger partial charge in [-0.2, -0.15) is 0 Å². The van der Waals surface area contributed by atoms with Gasteiger partial charge >= 0.3 is 0 Å². The lowest BCUT2D eigenvalue weighted by Gasteiger charge is -2.25. The summed E-state index contributed by atoms with van der Waals surface area (Å²) >= 11 is 1.12. The summed E-state index contributed by atoms with van der Waals surface area (Å²) in [4.78, 5) is 17.2. The van der Waals surface area contributed by atoms with Crippen LogP contribution in [0.5, 0.6) is 0 Å². The van der Waals surface area contributed by atoms with Crippen LogP contribution in [0.2, 0.25) is 0 Å². The van der Waals surface area contributed by atoms with Crippen molar-refractivity contribution in [1.82, 2.24) is 9.88 Å². The number of hydrogen-bond acceptors (Lipinski definition) is 5. The number of amides is 1. The lowest BCUT2D eigenvalue weighted by atomic mass is 9.93. The van der Waals surface area contributed by atoms with Crippen molar-refractivity contribution < 1.29 is 13.6 Å². The molecule has 5 nitrogen and oxygen atoms in total. The number of nitrogens with zero attached hydrogens (tertiary/aromatic N) is 2. The highest BCUT2D eigenvalue weighted by atomic mass is 32.1. The molecule has 1 aromatic heterocycles. The molecule has 1 heterocycles. The van der Waals surface area contributed by atoms with Crippen LogP contribution >= 0.6 is 11.3 Å². The standard InChI is InChI=1S/C11H16F2N4OS/c1-17(5-7(12)13)10(18)8-9(14)16-11(19-8)15-6-3-2-4-6/h6-7H,2-5,14H2,1H3,(H,15,16). The highest BCUT2D eigenvalue weighted by Gasteiger charge is 2.24. The van der Waals surface area contributed by atoms with E-state index < -0.39 is 18.9 Å². The number of thiazole rings is 1. The van der Waals surface area contributed by atoms with Crippen LogP contribution in [0.15, 0.2) is 0 Å². The molecule has 106 valence electrons. The van der Waals surface area contributed by atoms with Crippen molar-refractivity contribution in [3.63, 3.8) is 0 Å². The highest BCUT2D eigenvalue weighted by molar-refractivity contribution is 7.18. The minimum Gasteiger partial charge on any atom is -0.382 e. The fraction of sp³-hybridized carbons (Fsp3) is 0.636. The molecule has 2 rings (SSSR count). The van der Waals surface area contributed by atoms with Gasteiger partial charge in [-0.05, 0) is 19.3 Å². The maximum atomic E-state index is 12.2. The molecule has 3 N–H and O–H groups in total. The van der Waals surface area contributed by atoms with E-state index in [4.69, 9.17) is 5.73 Å². The number of alkyl halides is 2. The van der Waals surface area contributed by atoms with Crippen molar-refractivity contribution in [3.8, 4) is 0 Å². The van der Waals surface area contributed by atoms with Gasteiger partial charge in [0.05, 0.1) is 6.54 Å². The van der Waals surface area contributed by atoms with Gasteiger partial charge in [0.15, 0.2) is 5.13 Å². The molecule has 8 heteroatoms. The quantitative estimate of drug-likeness (QED) is 0.870. The Labute approximate surface area is 113 Å². The second-order valence-corrected chi connectivity index (χ2v) is 5.58. The summed E-state index contributed by atoms with van der Waals surface area (Å²) in [6.45, 7) is -0.610. The molecule has 1 saturated carbocycles. The van der Waals surface area contributed by atoms with Crippen LogP contribution in [-0.2, 0) is 0 Å². The Balaban J connectivity index is 2.04. The predicted molar refractivity (Wildman–Crippen MR) is 70.8 cm³/mol. The summed E-state index contributed by atoms with van der Waals surface area (Å²) in [7, 11) is 1.33. The molecule has 1 fully saturated rings. The number of hydrogen-bond donors (Lipinski definition) is 2. The molecule has 19 heavy (non-hydrogen) atoms. The van der Waals surface area contributed by atoms with E-state index in [2.05, 4.69) is 10.3 Å². The average Bonchev–Trinajstić information content (AvgIpc) is 2.63. The van der Waals surface area contributed by atoms with Gasteiger partial charge in [-0.15, -0.1) is 0 Å². The number of nitrogens with two attached hydrogens (primary N) is 1. The molecule has 0 saturated heterocycles. The Morgan fingerprint density at radius 3 is 2.84 bits per heavy atom. The summed E-state index contributed by atoms with van der Waals surface area (Å²) in [5.41, 5.74) is 5.67. The molecule has 0 radical (unpaired) electrons. The Bertz CT molecular complexity index is 462. The van der Waals surface area contributed by atoms with E-state index in [0.717, 1.165) is 29.1 Å². The number of carbonyl (C=O) groups is 1. The van der Waals surface area contributed by atoms with Gasteiger partial charge in [0.25, 0.3) is 12.3 Å². The van der Waals surface area contributed by atoms with Crippen molar-refractivity contribution in [2.24, 2.45) is 0 Å². The zero-order valence-electron chi connectivity index (χ0n) is 10.5. The lowest BCUT2D eigenvalue weighted by molar-refractivity contribution is 0.0625. The van der Waals surface area contributed by atoms with Crippen molar-refractivity contribution >= 4 is 28.2 Å². The number of rotatable bonds is 5. The number of aromatic nitrogens is 1. The third kappa shape index (κ3) is 3.31. The van der Waals surface area contributed by atoms with E-state index in [1.807, 2.05) is 0 Å². The largest absolute Gasteiger partial charge is 0.382 e. The summed E-state index contributed by atoms with van der Waals surface area (Å²) in [6, 6.07) is 0.382. The van der Waals surface area contributed by atoms with Crippen LogP contribution in [0.4, 0.5) is 19.7 Å². The summed E-state index contributed by atoms with van der Waals surface area (Å²) < 4.78 is 24.5. The van der Waals surface area contributed by atoms with Gasteiger partial charge in [-0.1, -0.05) is 11.3 Å². The number of anilines is 2. The monoisotopic (exact) mass is 290 g/mol. The maximum absolute atomic E-state index is 12.2. The second kappa shape index (κ2) is 5.68. The fourth-order valence-electron chi connectivity index (χ4n) is 1.74. The molecule has 0 spiro atoms. The third-order valence-corrected chi connectivity index (χ3v) is 4.03. The smallest absolute Gasteiger partial charge is 0.267 e. The molecule has 0 atom stereocenters. The molecule has 1 amide bonds. The van der Waals surface area contributed by atoms with E-state index in [1.54, 1.807) is 0 Å². The predicted octanol–water partition coefficient (Wildman–Crippen LogP) is 2.03. The normalized spacial score (nSPS) is 15.4. The first-order chi connectivity index (χ1) is 8.97. The Morgan fingerprint density at radius 1 is 1.63 bits per heavy atom. The Kier molecular flexibility index (Phi) is 4.18. The Morgan fingerprint density at radius 2 is 2.32 bits per heavy atom. The molecule has 0 aromatic carbocycles. The first-order valence-corrected chi connectivity index (χ1v) is 6.85. The van der Waals surface area contributed by atoms with Crippen LogP contribution in [0.25, 0.3) is 0 Å². The summed E-state index contributed by atoms with van der Waals surface area (Å²) in [5.74, 6) is -0.421. The van der Waals surface area contributed by atoms with E-state index in [0.29, 0.717) is 11.2 Å². The van der Waals surface area contributed by atoms with Gasteiger partial charge in [0, 0.05) is 13.1 Å². The van der Waals surface area contributed by atoms with Crippen molar-refractivity contribution in [2.75, 3.05) is 24.6 Å². The second-order valence-electron chi connectivity index (χ2n) is 4.58. The number of nitrogen functional groups attached to an aromatic ring is 1. The summed E-state index contributed by atoms with van der Waals surface area (Å²) in [5, 5.41) is 3.76. The van der Waals surface area contributed by atoms with Gasteiger partial charge in [0.2, 0.25) is 0 Å². The van der Waals surface area contributed by atoms with Gasteiger partial charge in [-0.25, -0.2) is 13.8 Å². The number of halogens is 2. The van der Waals surface area contributed by atoms with Crippen LogP contribution in [0.1, 0.15) is 28.9 Å². The fourth-order valence-corrected chi connectivity index (χ4v) is 2.69. The van der Waals surface area contributed by atoms with Crippen molar-refractivity contribution in [3.05, 3.63) is 4.88 Å². The van der Waals surface area contributed by atoms with Gasteiger partial charge in [-0.3, -0.25) is 4.79 Å².